The molecule has 0 saturated carbocycles. The molecule has 1 N–H and O–H groups in total. The Morgan fingerprint density at radius 1 is 1.28 bits per heavy atom. The van der Waals surface area contributed by atoms with Crippen LogP contribution in [0.2, 0.25) is 0 Å². The Bertz CT molecular complexity index is 985. The van der Waals surface area contributed by atoms with E-state index in [2.05, 4.69) is 0 Å². The summed E-state index contributed by atoms with van der Waals surface area (Å²) in [4.78, 5) is 22.6. The van der Waals surface area contributed by atoms with E-state index in [1.165, 1.54) is 55.9 Å². The predicted octanol–water partition coefficient (Wildman–Crippen LogP) is 3.95. The molecule has 3 rings (SSSR count). The number of nitro benzene ring substituents is 1. The number of benzene rings is 2. The molecule has 3 aromatic rings. The van der Waals surface area contributed by atoms with Crippen LogP contribution >= 0.6 is 0 Å². The van der Waals surface area contributed by atoms with Crippen molar-refractivity contribution in [2.45, 2.75) is 0 Å². The number of ether oxygens (including phenoxy) is 1. The third kappa shape index (κ3) is 3.07. The van der Waals surface area contributed by atoms with Gasteiger partial charge in [-0.05, 0) is 29.8 Å². The second-order valence-corrected chi connectivity index (χ2v) is 5.18. The molecular weight excluding hydrogens is 326 g/mol. The molecule has 0 aliphatic heterocycles. The number of rotatable bonds is 5. The fourth-order valence-electron chi connectivity index (χ4n) is 2.48. The SMILES string of the molecule is COc1c(C(=O)C=Cc2ccc([N+](=O)[O-])cc2)c(O)cc2occc12. The van der Waals surface area contributed by atoms with Crippen molar-refractivity contribution in [1.29, 1.82) is 0 Å². The molecule has 0 aliphatic rings. The number of fused-ring (bicyclic) bond motifs is 1. The Balaban J connectivity index is 1.94. The Kier molecular flexibility index (Phi) is 4.21. The van der Waals surface area contributed by atoms with Crippen LogP contribution < -0.4 is 4.74 Å². The monoisotopic (exact) mass is 339 g/mol. The van der Waals surface area contributed by atoms with Gasteiger partial charge < -0.3 is 14.3 Å². The summed E-state index contributed by atoms with van der Waals surface area (Å²) in [7, 11) is 1.40. The first-order valence-corrected chi connectivity index (χ1v) is 7.25. The number of carbonyl (C=O) groups is 1. The summed E-state index contributed by atoms with van der Waals surface area (Å²) in [6.07, 6.45) is 4.21. The summed E-state index contributed by atoms with van der Waals surface area (Å²) < 4.78 is 10.5. The molecule has 0 amide bonds. The zero-order valence-electron chi connectivity index (χ0n) is 13.1. The number of furan rings is 1. The molecule has 25 heavy (non-hydrogen) atoms. The van der Waals surface area contributed by atoms with Gasteiger partial charge in [0.2, 0.25) is 0 Å². The first-order valence-electron chi connectivity index (χ1n) is 7.25. The fourth-order valence-corrected chi connectivity index (χ4v) is 2.48. The summed E-state index contributed by atoms with van der Waals surface area (Å²) in [6, 6.07) is 8.74. The third-order valence-electron chi connectivity index (χ3n) is 3.67. The van der Waals surface area contributed by atoms with Crippen molar-refractivity contribution in [3.8, 4) is 11.5 Å². The number of nitro groups is 1. The van der Waals surface area contributed by atoms with Gasteiger partial charge in [0.05, 0.1) is 23.7 Å². The Labute approximate surface area is 141 Å². The average Bonchev–Trinajstić information content (AvgIpc) is 3.06. The van der Waals surface area contributed by atoms with Gasteiger partial charge in [0, 0.05) is 18.2 Å². The molecule has 7 nitrogen and oxygen atoms in total. The van der Waals surface area contributed by atoms with Gasteiger partial charge in [-0.15, -0.1) is 0 Å². The molecule has 0 fully saturated rings. The highest BCUT2D eigenvalue weighted by Gasteiger charge is 2.20. The van der Waals surface area contributed by atoms with Gasteiger partial charge in [-0.2, -0.15) is 0 Å². The third-order valence-corrected chi connectivity index (χ3v) is 3.67. The number of non-ortho nitro benzene ring substituents is 1. The van der Waals surface area contributed by atoms with Crippen LogP contribution in [0.3, 0.4) is 0 Å². The Hall–Kier alpha value is -3.61. The van der Waals surface area contributed by atoms with Gasteiger partial charge in [-0.3, -0.25) is 14.9 Å². The number of carbonyl (C=O) groups excluding carboxylic acids is 1. The van der Waals surface area contributed by atoms with E-state index in [-0.39, 0.29) is 22.7 Å². The largest absolute Gasteiger partial charge is 0.507 e. The molecular formula is C18H13NO6. The number of hydrogen-bond acceptors (Lipinski definition) is 6. The van der Waals surface area contributed by atoms with Crippen LogP contribution in [0.15, 0.2) is 53.2 Å². The molecule has 2 aromatic carbocycles. The number of aromatic hydroxyl groups is 1. The fraction of sp³-hybridized carbons (Fsp3) is 0.0556. The van der Waals surface area contributed by atoms with E-state index in [9.17, 15) is 20.0 Å². The van der Waals surface area contributed by atoms with Gasteiger partial charge in [0.15, 0.2) is 5.78 Å². The maximum atomic E-state index is 12.5. The van der Waals surface area contributed by atoms with Crippen LogP contribution in [-0.4, -0.2) is 22.9 Å². The van der Waals surface area contributed by atoms with Crippen molar-refractivity contribution in [2.24, 2.45) is 0 Å². The van der Waals surface area contributed by atoms with Gasteiger partial charge in [-0.25, -0.2) is 0 Å². The second kappa shape index (κ2) is 6.48. The minimum Gasteiger partial charge on any atom is -0.507 e. The zero-order valence-corrected chi connectivity index (χ0v) is 13.1. The van der Waals surface area contributed by atoms with E-state index < -0.39 is 10.7 Å². The summed E-state index contributed by atoms with van der Waals surface area (Å²) in [5.41, 5.74) is 1.01. The number of nitrogens with zero attached hydrogens (tertiary/aromatic N) is 1. The van der Waals surface area contributed by atoms with Crippen molar-refractivity contribution in [2.75, 3.05) is 7.11 Å². The quantitative estimate of drug-likeness (QED) is 0.327. The molecule has 1 aromatic heterocycles. The van der Waals surface area contributed by atoms with E-state index in [0.717, 1.165) is 0 Å². The predicted molar refractivity (Wildman–Crippen MR) is 90.9 cm³/mol. The van der Waals surface area contributed by atoms with Gasteiger partial charge in [0.1, 0.15) is 22.6 Å². The zero-order chi connectivity index (χ0) is 18.0. The molecule has 0 atom stereocenters. The minimum absolute atomic E-state index is 0.0227. The molecule has 0 bridgehead atoms. The standard InChI is InChI=1S/C18H13NO6/c1-24-18-13-8-9-25-16(13)10-15(21)17(18)14(20)7-4-11-2-5-12(6-3-11)19(22)23/h2-10,21H,1H3. The average molecular weight is 339 g/mol. The topological polar surface area (TPSA) is 103 Å². The van der Waals surface area contributed by atoms with Crippen molar-refractivity contribution in [1.82, 2.24) is 0 Å². The number of hydrogen-bond donors (Lipinski definition) is 1. The van der Waals surface area contributed by atoms with Crippen LogP contribution in [0.1, 0.15) is 15.9 Å². The number of phenols is 1. The highest BCUT2D eigenvalue weighted by Crippen LogP contribution is 2.37. The normalized spacial score (nSPS) is 11.1. The van der Waals surface area contributed by atoms with Crippen LogP contribution in [0, 0.1) is 10.1 Å². The number of ketones is 1. The lowest BCUT2D eigenvalue weighted by Crippen LogP contribution is -2.00. The maximum absolute atomic E-state index is 12.5. The molecule has 0 spiro atoms. The molecule has 0 radical (unpaired) electrons. The lowest BCUT2D eigenvalue weighted by atomic mass is 10.0. The van der Waals surface area contributed by atoms with Crippen LogP contribution in [-0.2, 0) is 0 Å². The van der Waals surface area contributed by atoms with Crippen LogP contribution in [0.25, 0.3) is 17.0 Å². The minimum atomic E-state index is -0.498. The van der Waals surface area contributed by atoms with E-state index in [4.69, 9.17) is 9.15 Å². The number of phenolic OH excluding ortho intramolecular Hbond substituents is 1. The smallest absolute Gasteiger partial charge is 0.269 e. The Morgan fingerprint density at radius 2 is 2.00 bits per heavy atom. The van der Waals surface area contributed by atoms with E-state index in [1.807, 2.05) is 0 Å². The highest BCUT2D eigenvalue weighted by atomic mass is 16.6. The van der Waals surface area contributed by atoms with Gasteiger partial charge >= 0.3 is 0 Å². The molecule has 1 heterocycles. The van der Waals surface area contributed by atoms with E-state index in [1.54, 1.807) is 6.07 Å². The van der Waals surface area contributed by atoms with Crippen LogP contribution in [0.5, 0.6) is 11.5 Å². The summed E-state index contributed by atoms with van der Waals surface area (Å²) >= 11 is 0. The second-order valence-electron chi connectivity index (χ2n) is 5.18. The number of methoxy groups -OCH3 is 1. The van der Waals surface area contributed by atoms with Crippen molar-refractivity contribution in [3.63, 3.8) is 0 Å². The summed E-state index contributed by atoms with van der Waals surface area (Å²) in [5, 5.41) is 21.4. The van der Waals surface area contributed by atoms with Crippen molar-refractivity contribution in [3.05, 3.63) is 70.0 Å². The lowest BCUT2D eigenvalue weighted by molar-refractivity contribution is -0.384. The summed E-state index contributed by atoms with van der Waals surface area (Å²) in [6.45, 7) is 0. The maximum Gasteiger partial charge on any atom is 0.269 e. The number of allylic oxidation sites excluding steroid dienone is 1. The molecule has 0 aliphatic carbocycles. The molecule has 0 saturated heterocycles. The van der Waals surface area contributed by atoms with E-state index >= 15 is 0 Å². The molecule has 0 unspecified atom stereocenters. The first-order chi connectivity index (χ1) is 12.0. The summed E-state index contributed by atoms with van der Waals surface area (Å²) in [5.74, 6) is -0.490. The molecule has 7 heteroatoms. The molecule has 126 valence electrons. The Morgan fingerprint density at radius 3 is 2.64 bits per heavy atom. The van der Waals surface area contributed by atoms with Crippen molar-refractivity contribution < 1.29 is 24.0 Å². The first kappa shape index (κ1) is 16.3. The lowest BCUT2D eigenvalue weighted by Gasteiger charge is -2.09. The highest BCUT2D eigenvalue weighted by molar-refractivity contribution is 6.13. The van der Waals surface area contributed by atoms with Crippen LogP contribution in [0.4, 0.5) is 5.69 Å². The van der Waals surface area contributed by atoms with E-state index in [0.29, 0.717) is 16.5 Å². The van der Waals surface area contributed by atoms with Gasteiger partial charge in [-0.1, -0.05) is 6.08 Å². The van der Waals surface area contributed by atoms with Gasteiger partial charge in [0.25, 0.3) is 5.69 Å². The van der Waals surface area contributed by atoms with Crippen molar-refractivity contribution >= 4 is 28.5 Å².